The van der Waals surface area contributed by atoms with E-state index in [1.807, 2.05) is 25.4 Å². The predicted octanol–water partition coefficient (Wildman–Crippen LogP) is 1.28. The summed E-state index contributed by atoms with van der Waals surface area (Å²) in [5, 5.41) is 4.06. The number of nitrogens with zero attached hydrogens (tertiary/aromatic N) is 3. The topological polar surface area (TPSA) is 30.7 Å². The molecule has 0 atom stereocenters. The van der Waals surface area contributed by atoms with E-state index in [4.69, 9.17) is 0 Å². The summed E-state index contributed by atoms with van der Waals surface area (Å²) in [5.41, 5.74) is 1.93. The van der Waals surface area contributed by atoms with Crippen LogP contribution < -0.4 is 0 Å². The molecule has 0 amide bonds. The van der Waals surface area contributed by atoms with Crippen molar-refractivity contribution >= 4 is 0 Å². The molecule has 3 heteroatoms. The molecule has 0 aliphatic carbocycles. The van der Waals surface area contributed by atoms with Crippen molar-refractivity contribution < 1.29 is 0 Å². The highest BCUT2D eigenvalue weighted by Crippen LogP contribution is 2.13. The zero-order valence-corrected chi connectivity index (χ0v) is 6.73. The van der Waals surface area contributed by atoms with Crippen LogP contribution in [0.1, 0.15) is 0 Å². The minimum Gasteiger partial charge on any atom is -0.275 e. The van der Waals surface area contributed by atoms with Gasteiger partial charge < -0.3 is 0 Å². The van der Waals surface area contributed by atoms with Gasteiger partial charge in [0.1, 0.15) is 0 Å². The lowest BCUT2D eigenvalue weighted by molar-refractivity contribution is 0.768. The van der Waals surface area contributed by atoms with E-state index in [1.54, 1.807) is 16.9 Å². The second kappa shape index (κ2) is 2.77. The third-order valence-electron chi connectivity index (χ3n) is 1.61. The number of aromatic nitrogens is 3. The molecule has 1 radical (unpaired) electrons. The van der Waals surface area contributed by atoms with Crippen molar-refractivity contribution in [3.63, 3.8) is 0 Å². The van der Waals surface area contributed by atoms with Gasteiger partial charge in [0.15, 0.2) is 0 Å². The fourth-order valence-electron chi connectivity index (χ4n) is 1.04. The Morgan fingerprint density at radius 1 is 1.50 bits per heavy atom. The Labute approximate surface area is 70.7 Å². The van der Waals surface area contributed by atoms with Gasteiger partial charge in [0.05, 0.1) is 18.1 Å². The summed E-state index contributed by atoms with van der Waals surface area (Å²) in [5.74, 6) is 0. The smallest absolute Gasteiger partial charge is 0.0893 e. The Balaban J connectivity index is 2.45. The second-order valence-electron chi connectivity index (χ2n) is 2.55. The molecular weight excluding hydrogens is 150 g/mol. The Morgan fingerprint density at radius 3 is 3.00 bits per heavy atom. The Morgan fingerprint density at radius 2 is 2.42 bits per heavy atom. The third-order valence-corrected chi connectivity index (χ3v) is 1.61. The van der Waals surface area contributed by atoms with Gasteiger partial charge >= 0.3 is 0 Å². The molecule has 0 fully saturated rings. The summed E-state index contributed by atoms with van der Waals surface area (Å²) in [4.78, 5) is 4.08. The Hall–Kier alpha value is -1.64. The van der Waals surface area contributed by atoms with Gasteiger partial charge in [0, 0.05) is 18.8 Å². The summed E-state index contributed by atoms with van der Waals surface area (Å²) in [6, 6.07) is 5.63. The first-order chi connectivity index (χ1) is 5.86. The fourth-order valence-corrected chi connectivity index (χ4v) is 1.04. The van der Waals surface area contributed by atoms with Crippen LogP contribution in [0.15, 0.2) is 30.6 Å². The average Bonchev–Trinajstić information content (AvgIpc) is 2.54. The maximum absolute atomic E-state index is 4.08. The molecule has 0 saturated heterocycles. The normalized spacial score (nSPS) is 10.1. The molecule has 2 aromatic heterocycles. The van der Waals surface area contributed by atoms with Crippen molar-refractivity contribution in [2.24, 2.45) is 7.05 Å². The molecule has 3 nitrogen and oxygen atoms in total. The zero-order valence-electron chi connectivity index (χ0n) is 6.73. The molecule has 0 saturated carbocycles. The van der Waals surface area contributed by atoms with Crippen LogP contribution in [0.25, 0.3) is 11.3 Å². The molecule has 2 aromatic rings. The summed E-state index contributed by atoms with van der Waals surface area (Å²) >= 11 is 0. The number of hydrogen-bond donors (Lipinski definition) is 0. The summed E-state index contributed by atoms with van der Waals surface area (Å²) in [6.45, 7) is 0. The number of pyridine rings is 1. The lowest BCUT2D eigenvalue weighted by Crippen LogP contribution is -1.84. The summed E-state index contributed by atoms with van der Waals surface area (Å²) in [6.07, 6.45) is 6.50. The van der Waals surface area contributed by atoms with E-state index in [2.05, 4.69) is 16.3 Å². The maximum Gasteiger partial charge on any atom is 0.0893 e. The molecule has 0 N–H and O–H groups in total. The van der Waals surface area contributed by atoms with Gasteiger partial charge in [0.2, 0.25) is 0 Å². The largest absolute Gasteiger partial charge is 0.275 e. The SMILES string of the molecule is Cn1cc(-c2ccc[c]n2)cn1. The third kappa shape index (κ3) is 1.21. The van der Waals surface area contributed by atoms with E-state index in [0.717, 1.165) is 11.3 Å². The van der Waals surface area contributed by atoms with Gasteiger partial charge in [-0.05, 0) is 12.1 Å². The average molecular weight is 158 g/mol. The monoisotopic (exact) mass is 158 g/mol. The van der Waals surface area contributed by atoms with Gasteiger partial charge in [-0.15, -0.1) is 0 Å². The number of rotatable bonds is 1. The molecule has 59 valence electrons. The summed E-state index contributed by atoms with van der Waals surface area (Å²) < 4.78 is 1.75. The lowest BCUT2D eigenvalue weighted by atomic mass is 10.2. The van der Waals surface area contributed by atoms with E-state index in [0.29, 0.717) is 0 Å². The molecule has 0 spiro atoms. The highest BCUT2D eigenvalue weighted by atomic mass is 15.2. The van der Waals surface area contributed by atoms with E-state index in [-0.39, 0.29) is 0 Å². The van der Waals surface area contributed by atoms with Gasteiger partial charge in [-0.3, -0.25) is 4.68 Å². The first kappa shape index (κ1) is 7.03. The van der Waals surface area contributed by atoms with E-state index < -0.39 is 0 Å². The molecule has 0 aromatic carbocycles. The fraction of sp³-hybridized carbons (Fsp3) is 0.111. The van der Waals surface area contributed by atoms with Crippen molar-refractivity contribution in [3.8, 4) is 11.3 Å². The van der Waals surface area contributed by atoms with Crippen molar-refractivity contribution in [2.75, 3.05) is 0 Å². The highest BCUT2D eigenvalue weighted by Gasteiger charge is 1.98. The first-order valence-corrected chi connectivity index (χ1v) is 3.68. The quantitative estimate of drug-likeness (QED) is 0.626. The molecule has 2 heterocycles. The second-order valence-corrected chi connectivity index (χ2v) is 2.55. The van der Waals surface area contributed by atoms with Gasteiger partial charge in [-0.25, -0.2) is 4.98 Å². The van der Waals surface area contributed by atoms with Crippen LogP contribution in [-0.4, -0.2) is 14.8 Å². The van der Waals surface area contributed by atoms with Gasteiger partial charge in [0.25, 0.3) is 0 Å². The van der Waals surface area contributed by atoms with Crippen LogP contribution in [0.3, 0.4) is 0 Å². The maximum atomic E-state index is 4.08. The Kier molecular flexibility index (Phi) is 1.63. The van der Waals surface area contributed by atoms with Crippen molar-refractivity contribution in [1.29, 1.82) is 0 Å². The van der Waals surface area contributed by atoms with Crippen LogP contribution in [-0.2, 0) is 7.05 Å². The molecule has 0 unspecified atom stereocenters. The van der Waals surface area contributed by atoms with E-state index >= 15 is 0 Å². The first-order valence-electron chi connectivity index (χ1n) is 3.68. The zero-order chi connectivity index (χ0) is 8.39. The van der Waals surface area contributed by atoms with Crippen LogP contribution in [0, 0.1) is 6.20 Å². The van der Waals surface area contributed by atoms with Crippen LogP contribution in [0.2, 0.25) is 0 Å². The van der Waals surface area contributed by atoms with Gasteiger partial charge in [-0.1, -0.05) is 6.07 Å². The lowest BCUT2D eigenvalue weighted by Gasteiger charge is -1.91. The summed E-state index contributed by atoms with van der Waals surface area (Å²) in [7, 11) is 1.89. The molecule has 0 aliphatic rings. The number of hydrogen-bond acceptors (Lipinski definition) is 2. The van der Waals surface area contributed by atoms with Crippen molar-refractivity contribution in [1.82, 2.24) is 14.8 Å². The van der Waals surface area contributed by atoms with Crippen molar-refractivity contribution in [3.05, 3.63) is 36.8 Å². The highest BCUT2D eigenvalue weighted by molar-refractivity contribution is 5.56. The minimum absolute atomic E-state index is 0.908. The molecule has 2 rings (SSSR count). The molecule has 0 bridgehead atoms. The number of aryl methyl sites for hydroxylation is 1. The van der Waals surface area contributed by atoms with Crippen LogP contribution in [0.4, 0.5) is 0 Å². The van der Waals surface area contributed by atoms with Crippen molar-refractivity contribution in [2.45, 2.75) is 0 Å². The molecular formula is C9H8N3. The van der Waals surface area contributed by atoms with E-state index in [1.165, 1.54) is 0 Å². The van der Waals surface area contributed by atoms with E-state index in [9.17, 15) is 0 Å². The minimum atomic E-state index is 0.908. The Bertz CT molecular complexity index is 364. The van der Waals surface area contributed by atoms with Gasteiger partial charge in [-0.2, -0.15) is 5.10 Å². The molecule has 12 heavy (non-hydrogen) atoms. The predicted molar refractivity (Wildman–Crippen MR) is 45.3 cm³/mol. The van der Waals surface area contributed by atoms with Crippen LogP contribution in [0.5, 0.6) is 0 Å². The van der Waals surface area contributed by atoms with Crippen LogP contribution >= 0.6 is 0 Å². The standard InChI is InChI=1S/C9H8N3/c1-12-7-8(6-11-12)9-4-2-3-5-10-9/h2-4,6-7H,1H3. The molecule has 0 aliphatic heterocycles.